The Morgan fingerprint density at radius 3 is 2.22 bits per heavy atom. The van der Waals surface area contributed by atoms with Crippen LogP contribution in [0.25, 0.3) is 0 Å². The van der Waals surface area contributed by atoms with Crippen molar-refractivity contribution in [1.82, 2.24) is 5.32 Å². The van der Waals surface area contributed by atoms with E-state index < -0.39 is 0 Å². The standard InChI is InChI=1S/C17H29N/c1-5-18-17(12-15(4)11-14(2)3)13-16-9-7-6-8-10-16/h6-10,14-15,17-18H,5,11-13H2,1-4H3. The zero-order valence-electron chi connectivity index (χ0n) is 12.4. The van der Waals surface area contributed by atoms with Gasteiger partial charge in [0, 0.05) is 6.04 Å². The van der Waals surface area contributed by atoms with Crippen LogP contribution in [-0.4, -0.2) is 12.6 Å². The van der Waals surface area contributed by atoms with Gasteiger partial charge in [0.1, 0.15) is 0 Å². The average Bonchev–Trinajstić information content (AvgIpc) is 2.29. The number of likely N-dealkylation sites (N-methyl/N-ethyl adjacent to an activating group) is 1. The monoisotopic (exact) mass is 247 g/mol. The third-order valence-corrected chi connectivity index (χ3v) is 3.38. The summed E-state index contributed by atoms with van der Waals surface area (Å²) < 4.78 is 0. The fourth-order valence-corrected chi connectivity index (χ4v) is 2.81. The second-order valence-electron chi connectivity index (χ2n) is 5.91. The van der Waals surface area contributed by atoms with Crippen molar-refractivity contribution in [3.05, 3.63) is 35.9 Å². The van der Waals surface area contributed by atoms with Crippen LogP contribution in [0, 0.1) is 11.8 Å². The summed E-state index contributed by atoms with van der Waals surface area (Å²) >= 11 is 0. The molecule has 0 radical (unpaired) electrons. The Morgan fingerprint density at radius 2 is 1.67 bits per heavy atom. The zero-order valence-corrected chi connectivity index (χ0v) is 12.4. The zero-order chi connectivity index (χ0) is 13.4. The maximum absolute atomic E-state index is 3.64. The number of rotatable bonds is 8. The second-order valence-corrected chi connectivity index (χ2v) is 5.91. The van der Waals surface area contributed by atoms with Gasteiger partial charge in [0.25, 0.3) is 0 Å². The topological polar surface area (TPSA) is 12.0 Å². The lowest BCUT2D eigenvalue weighted by Gasteiger charge is -2.23. The summed E-state index contributed by atoms with van der Waals surface area (Å²) in [6, 6.07) is 11.4. The second kappa shape index (κ2) is 8.31. The van der Waals surface area contributed by atoms with Gasteiger partial charge >= 0.3 is 0 Å². The van der Waals surface area contributed by atoms with Crippen LogP contribution in [0.5, 0.6) is 0 Å². The maximum atomic E-state index is 3.64. The van der Waals surface area contributed by atoms with E-state index >= 15 is 0 Å². The van der Waals surface area contributed by atoms with E-state index in [1.54, 1.807) is 0 Å². The van der Waals surface area contributed by atoms with Gasteiger partial charge in [0.05, 0.1) is 0 Å². The highest BCUT2D eigenvalue weighted by molar-refractivity contribution is 5.15. The molecule has 0 aliphatic rings. The Hall–Kier alpha value is -0.820. The van der Waals surface area contributed by atoms with Crippen molar-refractivity contribution in [2.24, 2.45) is 11.8 Å². The molecule has 0 aliphatic heterocycles. The molecule has 1 aromatic rings. The van der Waals surface area contributed by atoms with Crippen molar-refractivity contribution in [2.45, 2.75) is 53.0 Å². The molecule has 2 unspecified atom stereocenters. The Kier molecular flexibility index (Phi) is 7.04. The molecule has 0 aromatic heterocycles. The highest BCUT2D eigenvalue weighted by Crippen LogP contribution is 2.18. The summed E-state index contributed by atoms with van der Waals surface area (Å²) in [6.07, 6.45) is 3.76. The number of benzene rings is 1. The van der Waals surface area contributed by atoms with E-state index in [0.29, 0.717) is 6.04 Å². The van der Waals surface area contributed by atoms with E-state index in [1.807, 2.05) is 0 Å². The van der Waals surface area contributed by atoms with Gasteiger partial charge in [-0.25, -0.2) is 0 Å². The fraction of sp³-hybridized carbons (Fsp3) is 0.647. The fourth-order valence-electron chi connectivity index (χ4n) is 2.81. The van der Waals surface area contributed by atoms with E-state index in [0.717, 1.165) is 24.8 Å². The van der Waals surface area contributed by atoms with E-state index in [4.69, 9.17) is 0 Å². The van der Waals surface area contributed by atoms with Crippen molar-refractivity contribution in [2.75, 3.05) is 6.54 Å². The van der Waals surface area contributed by atoms with Crippen molar-refractivity contribution >= 4 is 0 Å². The molecule has 0 fully saturated rings. The van der Waals surface area contributed by atoms with Gasteiger partial charge in [-0.2, -0.15) is 0 Å². The number of hydrogen-bond acceptors (Lipinski definition) is 1. The van der Waals surface area contributed by atoms with Crippen LogP contribution >= 0.6 is 0 Å². The highest BCUT2D eigenvalue weighted by Gasteiger charge is 2.13. The van der Waals surface area contributed by atoms with E-state index in [9.17, 15) is 0 Å². The lowest BCUT2D eigenvalue weighted by Crippen LogP contribution is -2.32. The minimum absolute atomic E-state index is 0.617. The molecule has 0 spiro atoms. The van der Waals surface area contributed by atoms with Crippen LogP contribution in [0.3, 0.4) is 0 Å². The van der Waals surface area contributed by atoms with Gasteiger partial charge in [0.2, 0.25) is 0 Å². The molecule has 18 heavy (non-hydrogen) atoms. The summed E-state index contributed by atoms with van der Waals surface area (Å²) in [6.45, 7) is 10.3. The largest absolute Gasteiger partial charge is 0.314 e. The summed E-state index contributed by atoms with van der Waals surface area (Å²) in [7, 11) is 0. The van der Waals surface area contributed by atoms with Gasteiger partial charge in [-0.05, 0) is 43.2 Å². The Labute approximate surface area is 113 Å². The van der Waals surface area contributed by atoms with E-state index in [-0.39, 0.29) is 0 Å². The molecular weight excluding hydrogens is 218 g/mol. The first-order chi connectivity index (χ1) is 8.61. The lowest BCUT2D eigenvalue weighted by atomic mass is 9.90. The Bertz CT molecular complexity index is 305. The molecule has 1 aromatic carbocycles. The minimum atomic E-state index is 0.617. The number of hydrogen-bond donors (Lipinski definition) is 1. The molecule has 0 saturated heterocycles. The van der Waals surface area contributed by atoms with Gasteiger partial charge in [-0.1, -0.05) is 58.0 Å². The maximum Gasteiger partial charge on any atom is 0.0110 e. The molecule has 0 aliphatic carbocycles. The van der Waals surface area contributed by atoms with E-state index in [2.05, 4.69) is 63.3 Å². The van der Waals surface area contributed by atoms with Crippen LogP contribution in [0.2, 0.25) is 0 Å². The first-order valence-corrected chi connectivity index (χ1v) is 7.39. The van der Waals surface area contributed by atoms with Crippen LogP contribution in [0.4, 0.5) is 0 Å². The Morgan fingerprint density at radius 1 is 1.00 bits per heavy atom. The third kappa shape index (κ3) is 6.20. The first kappa shape index (κ1) is 15.2. The molecule has 2 atom stereocenters. The molecule has 1 N–H and O–H groups in total. The quantitative estimate of drug-likeness (QED) is 0.723. The molecule has 0 saturated carbocycles. The lowest BCUT2D eigenvalue weighted by molar-refractivity contribution is 0.353. The summed E-state index contributed by atoms with van der Waals surface area (Å²) in [5.74, 6) is 1.61. The van der Waals surface area contributed by atoms with E-state index in [1.165, 1.54) is 18.4 Å². The molecule has 1 nitrogen and oxygen atoms in total. The summed E-state index contributed by atoms with van der Waals surface area (Å²) in [4.78, 5) is 0. The molecular formula is C17H29N. The van der Waals surface area contributed by atoms with Crippen molar-refractivity contribution in [3.63, 3.8) is 0 Å². The molecule has 0 bridgehead atoms. The van der Waals surface area contributed by atoms with Crippen molar-refractivity contribution in [1.29, 1.82) is 0 Å². The highest BCUT2D eigenvalue weighted by atomic mass is 14.9. The van der Waals surface area contributed by atoms with Crippen LogP contribution in [0.1, 0.15) is 46.1 Å². The smallest absolute Gasteiger partial charge is 0.0110 e. The summed E-state index contributed by atoms with van der Waals surface area (Å²) in [5, 5.41) is 3.64. The predicted octanol–water partition coefficient (Wildman–Crippen LogP) is 4.28. The van der Waals surface area contributed by atoms with Gasteiger partial charge in [0.15, 0.2) is 0 Å². The predicted molar refractivity (Wildman–Crippen MR) is 80.8 cm³/mol. The molecule has 102 valence electrons. The molecule has 0 amide bonds. The first-order valence-electron chi connectivity index (χ1n) is 7.39. The molecule has 1 rings (SSSR count). The summed E-state index contributed by atoms with van der Waals surface area (Å²) in [5.41, 5.74) is 1.44. The SMILES string of the molecule is CCNC(Cc1ccccc1)CC(C)CC(C)C. The van der Waals surface area contributed by atoms with Crippen LogP contribution in [-0.2, 0) is 6.42 Å². The normalized spacial score (nSPS) is 14.7. The molecule has 1 heteroatoms. The van der Waals surface area contributed by atoms with Crippen LogP contribution in [0.15, 0.2) is 30.3 Å². The Balaban J connectivity index is 2.49. The van der Waals surface area contributed by atoms with Gasteiger partial charge in [-0.15, -0.1) is 0 Å². The third-order valence-electron chi connectivity index (χ3n) is 3.38. The van der Waals surface area contributed by atoms with Gasteiger partial charge in [-0.3, -0.25) is 0 Å². The minimum Gasteiger partial charge on any atom is -0.314 e. The average molecular weight is 247 g/mol. The van der Waals surface area contributed by atoms with Crippen molar-refractivity contribution < 1.29 is 0 Å². The van der Waals surface area contributed by atoms with Gasteiger partial charge < -0.3 is 5.32 Å². The van der Waals surface area contributed by atoms with Crippen molar-refractivity contribution in [3.8, 4) is 0 Å². The van der Waals surface area contributed by atoms with Crippen LogP contribution < -0.4 is 5.32 Å². The number of nitrogens with one attached hydrogen (secondary N) is 1. The molecule has 0 heterocycles.